The Labute approximate surface area is 202 Å². The number of hydrogen-bond donors (Lipinski definition) is 0. The van der Waals surface area contributed by atoms with Crippen molar-refractivity contribution in [2.24, 2.45) is 5.92 Å². The first-order valence-electron chi connectivity index (χ1n) is 10.7. The van der Waals surface area contributed by atoms with Crippen molar-refractivity contribution in [2.75, 3.05) is 25.9 Å². The summed E-state index contributed by atoms with van der Waals surface area (Å²) in [6.45, 7) is 0.711. The van der Waals surface area contributed by atoms with Crippen LogP contribution in [0.15, 0.2) is 59.1 Å². The van der Waals surface area contributed by atoms with Gasteiger partial charge in [0.05, 0.1) is 6.26 Å². The fraction of sp³-hybridized carbons (Fsp3) is 0.391. The molecule has 10 heteroatoms. The minimum absolute atomic E-state index is 0.0862. The highest BCUT2D eigenvalue weighted by atomic mass is 79.9. The molecule has 176 valence electrons. The summed E-state index contributed by atoms with van der Waals surface area (Å²) < 4.78 is 25.9. The first kappa shape index (κ1) is 23.9. The van der Waals surface area contributed by atoms with Gasteiger partial charge in [-0.1, -0.05) is 58.4 Å². The zero-order valence-corrected chi connectivity index (χ0v) is 20.7. The Bertz CT molecular complexity index is 1120. The Morgan fingerprint density at radius 2 is 1.79 bits per heavy atom. The third kappa shape index (κ3) is 5.46. The van der Waals surface area contributed by atoms with Crippen LogP contribution >= 0.6 is 15.9 Å². The van der Waals surface area contributed by atoms with Gasteiger partial charge in [-0.2, -0.15) is 5.06 Å². The van der Waals surface area contributed by atoms with Gasteiger partial charge in [0, 0.05) is 23.5 Å². The number of rotatable bonds is 6. The molecule has 8 nitrogen and oxygen atoms in total. The number of carbonyl (C=O) groups excluding carboxylic acids is 2. The number of nitrogens with zero attached hydrogens (tertiary/aromatic N) is 3. The highest BCUT2D eigenvalue weighted by molar-refractivity contribution is 9.10. The Morgan fingerprint density at radius 1 is 1.09 bits per heavy atom. The molecule has 2 saturated heterocycles. The van der Waals surface area contributed by atoms with Crippen LogP contribution in [0.3, 0.4) is 0 Å². The quantitative estimate of drug-likeness (QED) is 0.567. The van der Waals surface area contributed by atoms with Crippen molar-refractivity contribution in [3.8, 4) is 0 Å². The lowest BCUT2D eigenvalue weighted by Crippen LogP contribution is -2.44. The molecule has 0 bridgehead atoms. The van der Waals surface area contributed by atoms with E-state index >= 15 is 0 Å². The Morgan fingerprint density at radius 3 is 2.42 bits per heavy atom. The highest BCUT2D eigenvalue weighted by Gasteiger charge is 2.45. The monoisotopic (exact) mass is 535 g/mol. The minimum Gasteiger partial charge on any atom is -0.306 e. The van der Waals surface area contributed by atoms with Gasteiger partial charge >= 0.3 is 0 Å². The number of sulfonamides is 1. The summed E-state index contributed by atoms with van der Waals surface area (Å²) >= 11 is 3.47. The maximum Gasteiger partial charge on any atom is 0.268 e. The summed E-state index contributed by atoms with van der Waals surface area (Å²) in [5.41, 5.74) is 1.67. The molecule has 1 unspecified atom stereocenters. The van der Waals surface area contributed by atoms with Gasteiger partial charge < -0.3 is 4.90 Å². The summed E-state index contributed by atoms with van der Waals surface area (Å²) in [5, 5.41) is 1.29. The summed E-state index contributed by atoms with van der Waals surface area (Å²) in [6, 6.07) is 17.0. The number of amides is 2. The zero-order chi connectivity index (χ0) is 23.6. The summed E-state index contributed by atoms with van der Waals surface area (Å²) in [4.78, 5) is 33.9. The Balaban J connectivity index is 1.56. The number of halogens is 1. The number of piperidine rings is 1. The van der Waals surface area contributed by atoms with Crippen molar-refractivity contribution in [1.82, 2.24) is 14.3 Å². The van der Waals surface area contributed by atoms with Crippen molar-refractivity contribution < 1.29 is 22.8 Å². The van der Waals surface area contributed by atoms with Crippen LogP contribution in [0, 0.1) is 5.92 Å². The molecule has 4 rings (SSSR count). The molecule has 0 spiro atoms. The van der Waals surface area contributed by atoms with Crippen LogP contribution in [-0.2, 0) is 31.1 Å². The number of benzene rings is 2. The molecular weight excluding hydrogens is 510 g/mol. The van der Waals surface area contributed by atoms with Crippen LogP contribution < -0.4 is 0 Å². The molecule has 0 radical (unpaired) electrons. The number of hydrogen-bond acceptors (Lipinski definition) is 5. The smallest absolute Gasteiger partial charge is 0.268 e. The van der Waals surface area contributed by atoms with E-state index in [4.69, 9.17) is 4.84 Å². The average Bonchev–Trinajstić information content (AvgIpc) is 3.13. The van der Waals surface area contributed by atoms with Gasteiger partial charge in [0.2, 0.25) is 15.9 Å². The first-order chi connectivity index (χ1) is 15.7. The molecule has 2 aliphatic heterocycles. The van der Waals surface area contributed by atoms with E-state index in [1.807, 2.05) is 54.6 Å². The fourth-order valence-corrected chi connectivity index (χ4v) is 5.57. The van der Waals surface area contributed by atoms with Gasteiger partial charge in [0.15, 0.2) is 6.17 Å². The maximum atomic E-state index is 13.5. The second-order valence-electron chi connectivity index (χ2n) is 8.31. The number of hydroxylamine groups is 2. The molecule has 0 aliphatic carbocycles. The molecule has 2 amide bonds. The Hall–Kier alpha value is -2.27. The van der Waals surface area contributed by atoms with Gasteiger partial charge in [-0.05, 0) is 36.1 Å². The molecule has 2 fully saturated rings. The lowest BCUT2D eigenvalue weighted by atomic mass is 9.96. The van der Waals surface area contributed by atoms with Gasteiger partial charge in [-0.3, -0.25) is 14.4 Å². The summed E-state index contributed by atoms with van der Waals surface area (Å²) in [7, 11) is -3.28. The van der Waals surface area contributed by atoms with Crippen LogP contribution in [0.2, 0.25) is 0 Å². The van der Waals surface area contributed by atoms with E-state index in [0.717, 1.165) is 15.6 Å². The highest BCUT2D eigenvalue weighted by Crippen LogP contribution is 2.35. The van der Waals surface area contributed by atoms with E-state index in [-0.39, 0.29) is 30.9 Å². The molecule has 33 heavy (non-hydrogen) atoms. The van der Waals surface area contributed by atoms with Crippen molar-refractivity contribution in [1.29, 1.82) is 0 Å². The largest absolute Gasteiger partial charge is 0.306 e. The van der Waals surface area contributed by atoms with Gasteiger partial charge in [0.25, 0.3) is 5.91 Å². The van der Waals surface area contributed by atoms with Crippen LogP contribution in [0.4, 0.5) is 0 Å². The SMILES string of the molecule is CS(=O)(=O)N1CCC(C(=O)N2CC(=O)N(OCc3ccccc3)C2c2cccc(Br)c2)CC1. The topological polar surface area (TPSA) is 87.2 Å². The molecule has 2 heterocycles. The van der Waals surface area contributed by atoms with Crippen LogP contribution in [0.25, 0.3) is 0 Å². The van der Waals surface area contributed by atoms with Gasteiger partial charge in [-0.15, -0.1) is 0 Å². The van der Waals surface area contributed by atoms with Crippen molar-refractivity contribution in [3.05, 3.63) is 70.2 Å². The van der Waals surface area contributed by atoms with Crippen molar-refractivity contribution in [2.45, 2.75) is 25.6 Å². The van der Waals surface area contributed by atoms with Crippen molar-refractivity contribution >= 4 is 37.8 Å². The van der Waals surface area contributed by atoms with Gasteiger partial charge in [0.1, 0.15) is 13.2 Å². The predicted molar refractivity (Wildman–Crippen MR) is 126 cm³/mol. The summed E-state index contributed by atoms with van der Waals surface area (Å²) in [6.07, 6.45) is 1.33. The fourth-order valence-electron chi connectivity index (χ4n) is 4.28. The second kappa shape index (κ2) is 9.92. The van der Waals surface area contributed by atoms with Crippen LogP contribution in [0.1, 0.15) is 30.1 Å². The van der Waals surface area contributed by atoms with Gasteiger partial charge in [-0.25, -0.2) is 12.7 Å². The standard InChI is InChI=1S/C23H26BrN3O5S/c1-33(30,31)25-12-10-18(11-13-25)23(29)26-15-21(28)27(32-16-17-6-3-2-4-7-17)22(26)19-8-5-9-20(24)14-19/h2-9,14,18,22H,10-13,15-16H2,1H3. The molecule has 0 N–H and O–H groups in total. The van der Waals surface area contributed by atoms with E-state index in [1.54, 1.807) is 4.90 Å². The molecule has 0 aromatic heterocycles. The van der Waals surface area contributed by atoms with Crippen molar-refractivity contribution in [3.63, 3.8) is 0 Å². The van der Waals surface area contributed by atoms with Crippen LogP contribution in [-0.4, -0.2) is 60.4 Å². The molecule has 2 aliphatic rings. The molecule has 0 saturated carbocycles. The Kier molecular flexibility index (Phi) is 7.18. The third-order valence-corrected chi connectivity index (χ3v) is 7.78. The van der Waals surface area contributed by atoms with E-state index < -0.39 is 16.2 Å². The maximum absolute atomic E-state index is 13.5. The molecule has 1 atom stereocenters. The molecular formula is C23H26BrN3O5S. The second-order valence-corrected chi connectivity index (χ2v) is 11.2. The van der Waals surface area contributed by atoms with E-state index in [1.165, 1.54) is 15.6 Å². The van der Waals surface area contributed by atoms with E-state index in [9.17, 15) is 18.0 Å². The van der Waals surface area contributed by atoms with E-state index in [0.29, 0.717) is 25.9 Å². The third-order valence-electron chi connectivity index (χ3n) is 5.98. The van der Waals surface area contributed by atoms with Crippen LogP contribution in [0.5, 0.6) is 0 Å². The predicted octanol–water partition coefficient (Wildman–Crippen LogP) is 2.92. The summed E-state index contributed by atoms with van der Waals surface area (Å²) in [5.74, 6) is -0.801. The lowest BCUT2D eigenvalue weighted by molar-refractivity contribution is -0.205. The lowest BCUT2D eigenvalue weighted by Gasteiger charge is -2.34. The first-order valence-corrected chi connectivity index (χ1v) is 13.4. The number of carbonyl (C=O) groups is 2. The zero-order valence-electron chi connectivity index (χ0n) is 18.3. The molecule has 2 aromatic carbocycles. The minimum atomic E-state index is -3.28. The average molecular weight is 536 g/mol. The van der Waals surface area contributed by atoms with E-state index in [2.05, 4.69) is 15.9 Å². The normalized spacial score (nSPS) is 20.4. The molecule has 2 aromatic rings.